The summed E-state index contributed by atoms with van der Waals surface area (Å²) in [6.07, 6.45) is 6.62. The van der Waals surface area contributed by atoms with Crippen LogP contribution >= 0.6 is 0 Å². The molecule has 1 aliphatic heterocycles. The number of piperazine rings is 1. The van der Waals surface area contributed by atoms with E-state index in [1.807, 2.05) is 11.5 Å². The molecule has 1 unspecified atom stereocenters. The average Bonchev–Trinajstić information content (AvgIpc) is 3.53. The molecule has 3 aromatic rings. The smallest absolute Gasteiger partial charge is 0.407 e. The monoisotopic (exact) mass is 403 g/mol. The number of carbonyl (C=O) groups is 1. The molecule has 9 heteroatoms. The molecule has 1 amide bonds. The fraction of sp³-hybridized carbons (Fsp3) is 0.381. The van der Waals surface area contributed by atoms with Crippen LogP contribution in [0.5, 0.6) is 0 Å². The molecule has 9 nitrogen and oxygen atoms in total. The van der Waals surface area contributed by atoms with Crippen molar-refractivity contribution in [1.29, 1.82) is 5.26 Å². The lowest BCUT2D eigenvalue weighted by Gasteiger charge is -2.39. The van der Waals surface area contributed by atoms with Crippen LogP contribution in [0.3, 0.4) is 0 Å². The number of nitriles is 1. The first-order chi connectivity index (χ1) is 14.6. The lowest BCUT2D eigenvalue weighted by atomic mass is 10.1. The summed E-state index contributed by atoms with van der Waals surface area (Å²) in [5.74, 6) is 1.96. The van der Waals surface area contributed by atoms with E-state index in [-0.39, 0.29) is 6.04 Å². The number of nitrogens with zero attached hydrogens (tertiary/aromatic N) is 7. The molecule has 2 fully saturated rings. The van der Waals surface area contributed by atoms with Crippen molar-refractivity contribution < 1.29 is 9.90 Å². The van der Waals surface area contributed by atoms with Gasteiger partial charge in [0, 0.05) is 38.1 Å². The molecule has 1 atom stereocenters. The topological polar surface area (TPSA) is 111 Å². The first kappa shape index (κ1) is 18.4. The third kappa shape index (κ3) is 3.01. The molecule has 0 bridgehead atoms. The summed E-state index contributed by atoms with van der Waals surface area (Å²) in [7, 11) is 0. The summed E-state index contributed by atoms with van der Waals surface area (Å²) in [5, 5.41) is 19.6. The van der Waals surface area contributed by atoms with Crippen LogP contribution in [0.25, 0.3) is 16.9 Å². The van der Waals surface area contributed by atoms with Gasteiger partial charge in [-0.25, -0.2) is 19.7 Å². The van der Waals surface area contributed by atoms with E-state index in [0.29, 0.717) is 36.9 Å². The number of aromatic nitrogens is 4. The first-order valence-corrected chi connectivity index (χ1v) is 10.0. The van der Waals surface area contributed by atoms with Crippen LogP contribution in [-0.4, -0.2) is 61.3 Å². The van der Waals surface area contributed by atoms with Gasteiger partial charge >= 0.3 is 6.09 Å². The minimum Gasteiger partial charge on any atom is -0.465 e. The number of rotatable bonds is 3. The zero-order chi connectivity index (χ0) is 20.8. The molecule has 1 N–H and O–H groups in total. The maximum absolute atomic E-state index is 11.4. The summed E-state index contributed by atoms with van der Waals surface area (Å²) in [4.78, 5) is 28.7. The van der Waals surface area contributed by atoms with Gasteiger partial charge in [-0.2, -0.15) is 5.26 Å². The second-order valence-corrected chi connectivity index (χ2v) is 7.91. The fourth-order valence-corrected chi connectivity index (χ4v) is 4.25. The largest absolute Gasteiger partial charge is 0.465 e. The lowest BCUT2D eigenvalue weighted by Crippen LogP contribution is -2.54. The van der Waals surface area contributed by atoms with Crippen LogP contribution in [0.4, 0.5) is 10.6 Å². The summed E-state index contributed by atoms with van der Waals surface area (Å²) in [6, 6.07) is 5.47. The average molecular weight is 403 g/mol. The van der Waals surface area contributed by atoms with Crippen LogP contribution in [0.15, 0.2) is 30.9 Å². The van der Waals surface area contributed by atoms with Crippen LogP contribution in [0, 0.1) is 11.3 Å². The van der Waals surface area contributed by atoms with E-state index < -0.39 is 6.09 Å². The van der Waals surface area contributed by atoms with E-state index in [2.05, 4.69) is 32.1 Å². The predicted octanol–water partition coefficient (Wildman–Crippen LogP) is 2.75. The molecule has 1 saturated carbocycles. The SMILES string of the molecule is CC1CN(c2ncnc3c2c(C2CC2)cn3-c2cc(C#N)ccn2)CCN1C(=O)O. The quantitative estimate of drug-likeness (QED) is 0.716. The predicted molar refractivity (Wildman–Crippen MR) is 110 cm³/mol. The molecule has 0 spiro atoms. The van der Waals surface area contributed by atoms with Gasteiger partial charge in [0.1, 0.15) is 18.0 Å². The van der Waals surface area contributed by atoms with Crippen LogP contribution in [0.2, 0.25) is 0 Å². The fourth-order valence-electron chi connectivity index (χ4n) is 4.25. The zero-order valence-electron chi connectivity index (χ0n) is 16.6. The van der Waals surface area contributed by atoms with Gasteiger partial charge in [-0.3, -0.25) is 4.57 Å². The second-order valence-electron chi connectivity index (χ2n) is 7.91. The number of pyridine rings is 1. The Balaban J connectivity index is 1.62. The Morgan fingerprint density at radius 1 is 1.27 bits per heavy atom. The van der Waals surface area contributed by atoms with E-state index in [9.17, 15) is 15.2 Å². The molecular weight excluding hydrogens is 382 g/mol. The molecule has 0 radical (unpaired) electrons. The van der Waals surface area contributed by atoms with E-state index in [1.54, 1.807) is 24.7 Å². The van der Waals surface area contributed by atoms with Crippen molar-refractivity contribution in [2.75, 3.05) is 24.5 Å². The van der Waals surface area contributed by atoms with Crippen molar-refractivity contribution in [1.82, 2.24) is 24.4 Å². The van der Waals surface area contributed by atoms with Crippen LogP contribution in [-0.2, 0) is 0 Å². The van der Waals surface area contributed by atoms with Crippen molar-refractivity contribution in [3.05, 3.63) is 42.0 Å². The summed E-state index contributed by atoms with van der Waals surface area (Å²) in [6.45, 7) is 3.52. The van der Waals surface area contributed by atoms with E-state index >= 15 is 0 Å². The molecule has 1 saturated heterocycles. The Bertz CT molecular complexity index is 1180. The standard InChI is InChI=1S/C21H21N7O2/c1-13-10-26(6-7-27(13)21(29)30)19-18-16(15-2-3-15)11-28(20(18)25-12-24-19)17-8-14(9-22)4-5-23-17/h4-5,8,11-13,15H,2-3,6-7,10H2,1H3,(H,29,30). The normalized spacial score (nSPS) is 19.1. The first-order valence-electron chi connectivity index (χ1n) is 10.0. The number of carboxylic acid groups (broad SMARTS) is 1. The van der Waals surface area contributed by atoms with Crippen molar-refractivity contribution in [2.45, 2.75) is 31.7 Å². The minimum absolute atomic E-state index is 0.123. The Hall–Kier alpha value is -3.67. The second kappa shape index (κ2) is 6.99. The van der Waals surface area contributed by atoms with Gasteiger partial charge in [-0.05, 0) is 43.4 Å². The van der Waals surface area contributed by atoms with Gasteiger partial charge in [0.05, 0.1) is 17.0 Å². The highest BCUT2D eigenvalue weighted by atomic mass is 16.4. The molecule has 30 heavy (non-hydrogen) atoms. The molecule has 1 aliphatic carbocycles. The molecule has 152 valence electrons. The maximum Gasteiger partial charge on any atom is 0.407 e. The molecule has 3 aromatic heterocycles. The van der Waals surface area contributed by atoms with Crippen molar-refractivity contribution in [3.63, 3.8) is 0 Å². The Morgan fingerprint density at radius 3 is 2.80 bits per heavy atom. The minimum atomic E-state index is -0.886. The van der Waals surface area contributed by atoms with Gasteiger partial charge in [-0.1, -0.05) is 0 Å². The molecule has 4 heterocycles. The summed E-state index contributed by atoms with van der Waals surface area (Å²) >= 11 is 0. The van der Waals surface area contributed by atoms with Crippen molar-refractivity contribution in [3.8, 4) is 11.9 Å². The van der Waals surface area contributed by atoms with Crippen LogP contribution in [0.1, 0.15) is 36.8 Å². The number of anilines is 1. The molecule has 5 rings (SSSR count). The van der Waals surface area contributed by atoms with Gasteiger partial charge in [0.25, 0.3) is 0 Å². The highest BCUT2D eigenvalue weighted by molar-refractivity contribution is 5.93. The number of hydrogen-bond donors (Lipinski definition) is 1. The Morgan fingerprint density at radius 2 is 2.10 bits per heavy atom. The maximum atomic E-state index is 11.4. The summed E-state index contributed by atoms with van der Waals surface area (Å²) < 4.78 is 1.94. The van der Waals surface area contributed by atoms with E-state index in [0.717, 1.165) is 29.7 Å². The van der Waals surface area contributed by atoms with Gasteiger partial charge < -0.3 is 14.9 Å². The number of amides is 1. The van der Waals surface area contributed by atoms with E-state index in [4.69, 9.17) is 0 Å². The zero-order valence-corrected chi connectivity index (χ0v) is 16.6. The molecular formula is C21H21N7O2. The van der Waals surface area contributed by atoms with Crippen molar-refractivity contribution >= 4 is 22.9 Å². The van der Waals surface area contributed by atoms with Gasteiger partial charge in [0.2, 0.25) is 0 Å². The van der Waals surface area contributed by atoms with Crippen molar-refractivity contribution in [2.24, 2.45) is 0 Å². The Kier molecular flexibility index (Phi) is 4.28. The molecule has 2 aliphatic rings. The highest BCUT2D eigenvalue weighted by Gasteiger charge is 2.33. The molecule has 0 aromatic carbocycles. The van der Waals surface area contributed by atoms with E-state index in [1.165, 1.54) is 10.5 Å². The third-order valence-corrected chi connectivity index (χ3v) is 5.90. The number of fused-ring (bicyclic) bond motifs is 1. The Labute approximate surface area is 173 Å². The third-order valence-electron chi connectivity index (χ3n) is 5.90. The lowest BCUT2D eigenvalue weighted by molar-refractivity contribution is 0.122. The van der Waals surface area contributed by atoms with Crippen LogP contribution < -0.4 is 4.90 Å². The van der Waals surface area contributed by atoms with Gasteiger partial charge in [-0.15, -0.1) is 0 Å². The number of hydrogen-bond acceptors (Lipinski definition) is 6. The highest BCUT2D eigenvalue weighted by Crippen LogP contribution is 2.46. The summed E-state index contributed by atoms with van der Waals surface area (Å²) in [5.41, 5.74) is 2.50. The van der Waals surface area contributed by atoms with Gasteiger partial charge in [0.15, 0.2) is 5.65 Å².